The highest BCUT2D eigenvalue weighted by atomic mass is 16.1. The Kier molecular flexibility index (Phi) is 2.82. The predicted molar refractivity (Wildman–Crippen MR) is 78.9 cm³/mol. The number of carbonyl (C=O) groups excluding carboxylic acids is 1. The molecule has 0 aromatic rings. The van der Waals surface area contributed by atoms with Crippen molar-refractivity contribution in [3.8, 4) is 0 Å². The predicted octanol–water partition coefficient (Wildman–Crippen LogP) is 4.83. The van der Waals surface area contributed by atoms with E-state index in [1.54, 1.807) is 11.1 Å². The minimum atomic E-state index is -0.169. The summed E-state index contributed by atoms with van der Waals surface area (Å²) in [6, 6.07) is 0. The van der Waals surface area contributed by atoms with Crippen molar-refractivity contribution in [1.29, 1.82) is 0 Å². The maximum Gasteiger partial charge on any atom is 0.143 e. The third-order valence-electron chi connectivity index (χ3n) is 5.94. The van der Waals surface area contributed by atoms with Gasteiger partial charge in [-0.25, -0.2) is 0 Å². The van der Waals surface area contributed by atoms with Gasteiger partial charge in [-0.15, -0.1) is 0 Å². The van der Waals surface area contributed by atoms with Gasteiger partial charge in [-0.2, -0.15) is 0 Å². The number of fused-ring (bicyclic) bond motifs is 3. The Bertz CT molecular complexity index is 494. The molecule has 1 saturated carbocycles. The maximum absolute atomic E-state index is 12.5. The quantitative estimate of drug-likeness (QED) is 0.658. The average Bonchev–Trinajstić information content (AvgIpc) is 2.70. The van der Waals surface area contributed by atoms with Gasteiger partial charge in [0.1, 0.15) is 5.78 Å². The van der Waals surface area contributed by atoms with Crippen LogP contribution in [0, 0.1) is 16.7 Å². The molecular formula is C18H26O. The molecule has 1 fully saturated rings. The van der Waals surface area contributed by atoms with Gasteiger partial charge in [-0.3, -0.25) is 4.79 Å². The van der Waals surface area contributed by atoms with Crippen LogP contribution in [0.1, 0.15) is 66.2 Å². The molecular weight excluding hydrogens is 232 g/mol. The van der Waals surface area contributed by atoms with Gasteiger partial charge < -0.3 is 0 Å². The Morgan fingerprint density at radius 1 is 1.11 bits per heavy atom. The van der Waals surface area contributed by atoms with Crippen LogP contribution >= 0.6 is 0 Å². The lowest BCUT2D eigenvalue weighted by molar-refractivity contribution is -0.127. The van der Waals surface area contributed by atoms with Crippen LogP contribution in [0.25, 0.3) is 0 Å². The van der Waals surface area contributed by atoms with Gasteiger partial charge >= 0.3 is 0 Å². The molecule has 0 unspecified atom stereocenters. The van der Waals surface area contributed by atoms with Gasteiger partial charge in [-0.05, 0) is 61.5 Å². The van der Waals surface area contributed by atoms with Gasteiger partial charge in [0.05, 0.1) is 5.41 Å². The summed E-state index contributed by atoms with van der Waals surface area (Å²) in [5.41, 5.74) is 4.82. The summed E-state index contributed by atoms with van der Waals surface area (Å²) < 4.78 is 0. The molecule has 0 aliphatic heterocycles. The van der Waals surface area contributed by atoms with Gasteiger partial charge in [0, 0.05) is 6.42 Å². The number of hydrogen-bond acceptors (Lipinski definition) is 1. The molecule has 0 N–H and O–H groups in total. The lowest BCUT2D eigenvalue weighted by Crippen LogP contribution is -2.41. The van der Waals surface area contributed by atoms with Crippen molar-refractivity contribution in [2.45, 2.75) is 66.2 Å². The molecule has 1 heteroatoms. The van der Waals surface area contributed by atoms with Crippen molar-refractivity contribution >= 4 is 5.78 Å². The highest BCUT2D eigenvalue weighted by Crippen LogP contribution is 2.61. The Labute approximate surface area is 117 Å². The smallest absolute Gasteiger partial charge is 0.143 e. The molecule has 0 bridgehead atoms. The summed E-state index contributed by atoms with van der Waals surface area (Å²) in [4.78, 5) is 12.5. The second-order valence-corrected chi connectivity index (χ2v) is 7.53. The maximum atomic E-state index is 12.5. The first-order valence-electron chi connectivity index (χ1n) is 7.86. The van der Waals surface area contributed by atoms with Gasteiger partial charge in [0.15, 0.2) is 0 Å². The molecule has 1 nitrogen and oxygen atoms in total. The molecule has 3 aliphatic carbocycles. The van der Waals surface area contributed by atoms with E-state index >= 15 is 0 Å². The van der Waals surface area contributed by atoms with Crippen LogP contribution in [0.4, 0.5) is 0 Å². The van der Waals surface area contributed by atoms with Gasteiger partial charge in [0.25, 0.3) is 0 Å². The Balaban J connectivity index is 2.18. The highest BCUT2D eigenvalue weighted by molar-refractivity contribution is 5.91. The van der Waals surface area contributed by atoms with E-state index in [-0.39, 0.29) is 5.41 Å². The van der Waals surface area contributed by atoms with Gasteiger partial charge in [-0.1, -0.05) is 32.4 Å². The largest absolute Gasteiger partial charge is 0.299 e. The fourth-order valence-corrected chi connectivity index (χ4v) is 4.55. The molecule has 0 aromatic carbocycles. The zero-order valence-electron chi connectivity index (χ0n) is 12.8. The van der Waals surface area contributed by atoms with Crippen LogP contribution in [-0.2, 0) is 4.79 Å². The molecule has 0 aromatic heterocycles. The van der Waals surface area contributed by atoms with Crippen LogP contribution in [-0.4, -0.2) is 5.78 Å². The number of hydrogen-bond donors (Lipinski definition) is 0. The molecule has 3 aliphatic rings. The standard InChI is InChI=1S/C18H26O/c1-12(2)13-8-9-17(3)10-11-18(4)14(16(13)17)6-5-7-15(18)19/h6,12H,5,7-11H2,1-4H3/t17-,18-/m1/s1. The monoisotopic (exact) mass is 258 g/mol. The minimum absolute atomic E-state index is 0.169. The molecule has 0 spiro atoms. The first-order valence-corrected chi connectivity index (χ1v) is 7.86. The summed E-state index contributed by atoms with van der Waals surface area (Å²) in [5.74, 6) is 1.10. The Morgan fingerprint density at radius 3 is 2.53 bits per heavy atom. The van der Waals surface area contributed by atoms with Crippen LogP contribution < -0.4 is 0 Å². The van der Waals surface area contributed by atoms with E-state index < -0.39 is 0 Å². The number of ketones is 1. The first kappa shape index (κ1) is 13.1. The number of allylic oxidation sites excluding steroid dienone is 4. The molecule has 0 amide bonds. The van der Waals surface area contributed by atoms with E-state index in [9.17, 15) is 4.79 Å². The zero-order chi connectivity index (χ0) is 13.8. The van der Waals surface area contributed by atoms with Crippen LogP contribution in [0.5, 0.6) is 0 Å². The fraction of sp³-hybridized carbons (Fsp3) is 0.722. The van der Waals surface area contributed by atoms with Crippen molar-refractivity contribution in [1.82, 2.24) is 0 Å². The topological polar surface area (TPSA) is 17.1 Å². The average molecular weight is 258 g/mol. The van der Waals surface area contributed by atoms with E-state index in [0.717, 1.165) is 19.3 Å². The van der Waals surface area contributed by atoms with Crippen molar-refractivity contribution in [2.75, 3.05) is 0 Å². The normalized spacial score (nSPS) is 38.4. The van der Waals surface area contributed by atoms with Crippen molar-refractivity contribution in [2.24, 2.45) is 16.7 Å². The highest BCUT2D eigenvalue weighted by Gasteiger charge is 2.51. The van der Waals surface area contributed by atoms with E-state index in [1.165, 1.54) is 24.8 Å². The third-order valence-corrected chi connectivity index (χ3v) is 5.94. The van der Waals surface area contributed by atoms with Crippen molar-refractivity contribution in [3.63, 3.8) is 0 Å². The minimum Gasteiger partial charge on any atom is -0.299 e. The summed E-state index contributed by atoms with van der Waals surface area (Å²) in [6.45, 7) is 9.25. The second kappa shape index (κ2) is 4.07. The number of Topliss-reactive ketones (excluding diaryl/α,β-unsaturated/α-hetero) is 1. The van der Waals surface area contributed by atoms with Gasteiger partial charge in [0.2, 0.25) is 0 Å². The molecule has 0 radical (unpaired) electrons. The Hall–Kier alpha value is -0.850. The van der Waals surface area contributed by atoms with E-state index in [0.29, 0.717) is 17.1 Å². The molecule has 0 saturated heterocycles. The second-order valence-electron chi connectivity index (χ2n) is 7.53. The molecule has 19 heavy (non-hydrogen) atoms. The summed E-state index contributed by atoms with van der Waals surface area (Å²) in [6.07, 6.45) is 8.88. The van der Waals surface area contributed by atoms with E-state index in [4.69, 9.17) is 0 Å². The number of carbonyl (C=O) groups is 1. The summed E-state index contributed by atoms with van der Waals surface area (Å²) in [7, 11) is 0. The Morgan fingerprint density at radius 2 is 1.84 bits per heavy atom. The molecule has 2 atom stereocenters. The van der Waals surface area contributed by atoms with Crippen LogP contribution in [0.2, 0.25) is 0 Å². The lowest BCUT2D eigenvalue weighted by Gasteiger charge is -2.47. The molecule has 104 valence electrons. The van der Waals surface area contributed by atoms with Crippen molar-refractivity contribution < 1.29 is 4.79 Å². The fourth-order valence-electron chi connectivity index (χ4n) is 4.55. The van der Waals surface area contributed by atoms with Crippen molar-refractivity contribution in [3.05, 3.63) is 22.8 Å². The van der Waals surface area contributed by atoms with Crippen LogP contribution in [0.15, 0.2) is 22.8 Å². The SMILES string of the molecule is CC(C)C1=C2C3=CCCC(=O)[C@]3(C)CC[C@@]2(C)CC1. The third kappa shape index (κ3) is 1.70. The molecule has 0 heterocycles. The molecule has 3 rings (SSSR count). The van der Waals surface area contributed by atoms with E-state index in [1.807, 2.05) is 0 Å². The van der Waals surface area contributed by atoms with E-state index in [2.05, 4.69) is 33.8 Å². The first-order chi connectivity index (χ1) is 8.88. The summed E-state index contributed by atoms with van der Waals surface area (Å²) in [5, 5.41) is 0. The lowest BCUT2D eigenvalue weighted by atomic mass is 9.56. The van der Waals surface area contributed by atoms with Crippen LogP contribution in [0.3, 0.4) is 0 Å². The summed E-state index contributed by atoms with van der Waals surface area (Å²) >= 11 is 0. The number of rotatable bonds is 1. The zero-order valence-corrected chi connectivity index (χ0v) is 12.8.